The van der Waals surface area contributed by atoms with Crippen molar-refractivity contribution in [2.75, 3.05) is 9.80 Å². The number of anilines is 6. The molecule has 0 saturated carbocycles. The van der Waals surface area contributed by atoms with E-state index in [1.54, 1.807) is 0 Å². The smallest absolute Gasteiger partial charge is 0.0727 e. The molecule has 2 heterocycles. The molecule has 0 N–H and O–H groups in total. The second-order valence-corrected chi connectivity index (χ2v) is 19.6. The maximum absolute atomic E-state index is 2.51. The molecule has 0 fully saturated rings. The van der Waals surface area contributed by atoms with Gasteiger partial charge in [0.2, 0.25) is 0 Å². The third kappa shape index (κ3) is 5.91. The molecule has 2 aliphatic rings. The van der Waals surface area contributed by atoms with Crippen LogP contribution in [0.2, 0.25) is 0 Å². The van der Waals surface area contributed by atoms with E-state index in [2.05, 4.69) is 265 Å². The molecular formula is C67H52N4. The van der Waals surface area contributed by atoms with Crippen molar-refractivity contribution in [2.45, 2.75) is 46.2 Å². The second kappa shape index (κ2) is 15.7. The molecule has 10 aromatic carbocycles. The van der Waals surface area contributed by atoms with E-state index in [-0.39, 0.29) is 0 Å². The molecule has 0 saturated heterocycles. The Bertz CT molecular complexity index is 3850. The molecule has 0 unspecified atom stereocenters. The maximum Gasteiger partial charge on any atom is 0.0727 e. The van der Waals surface area contributed by atoms with Gasteiger partial charge in [0.05, 0.1) is 16.4 Å². The van der Waals surface area contributed by atoms with Crippen LogP contribution in [-0.2, 0) is 18.5 Å². The largest absolute Gasteiger partial charge is 0.341 e. The van der Waals surface area contributed by atoms with Crippen molar-refractivity contribution in [3.05, 3.63) is 252 Å². The lowest BCUT2D eigenvalue weighted by Crippen LogP contribution is -2.26. The average molecular weight is 913 g/mol. The fourth-order valence-electron chi connectivity index (χ4n) is 12.8. The molecule has 0 amide bonds. The summed E-state index contributed by atoms with van der Waals surface area (Å²) in [7, 11) is 0. The molecular weight excluding hydrogens is 861 g/mol. The Morgan fingerprint density at radius 3 is 1.07 bits per heavy atom. The second-order valence-electron chi connectivity index (χ2n) is 19.6. The van der Waals surface area contributed by atoms with Crippen LogP contribution in [0.25, 0.3) is 65.9 Å². The Labute approximate surface area is 414 Å². The number of fused-ring (bicyclic) bond motifs is 16. The van der Waals surface area contributed by atoms with E-state index >= 15 is 0 Å². The minimum Gasteiger partial charge on any atom is -0.341 e. The fraction of sp³-hybridized carbons (Fsp3) is 0.104. The van der Waals surface area contributed by atoms with Gasteiger partial charge in [0.1, 0.15) is 0 Å². The SMILES string of the molecule is CCn1c2cc(C)ccc2c2ccc(N(c3ccccc3)c3ccc4c(c3)C3(c5ccccc5-c5ccccc53)c3cc(N(c5ccccc5)c5ccc6c7ccc(C)cc7n(CC)c6c5)ccc3-4)cc21. The van der Waals surface area contributed by atoms with Gasteiger partial charge in [0.15, 0.2) is 0 Å². The first-order chi connectivity index (χ1) is 34.9. The van der Waals surface area contributed by atoms with Crippen molar-refractivity contribution in [3.8, 4) is 22.3 Å². The summed E-state index contributed by atoms with van der Waals surface area (Å²) in [5.41, 5.74) is 24.1. The fourth-order valence-corrected chi connectivity index (χ4v) is 12.8. The third-order valence-electron chi connectivity index (χ3n) is 15.8. The van der Waals surface area contributed by atoms with Crippen molar-refractivity contribution < 1.29 is 0 Å². The summed E-state index contributed by atoms with van der Waals surface area (Å²) < 4.78 is 4.95. The first-order valence-electron chi connectivity index (χ1n) is 25.2. The molecule has 0 atom stereocenters. The first-order valence-corrected chi connectivity index (χ1v) is 25.2. The van der Waals surface area contributed by atoms with Gasteiger partial charge in [0.25, 0.3) is 0 Å². The maximum atomic E-state index is 2.51. The van der Waals surface area contributed by atoms with E-state index in [1.165, 1.54) is 99.2 Å². The molecule has 2 aromatic heterocycles. The number of hydrogen-bond acceptors (Lipinski definition) is 2. The summed E-state index contributed by atoms with van der Waals surface area (Å²) >= 11 is 0. The lowest BCUT2D eigenvalue weighted by molar-refractivity contribution is 0.793. The summed E-state index contributed by atoms with van der Waals surface area (Å²) in [4.78, 5) is 4.92. The van der Waals surface area contributed by atoms with Crippen LogP contribution < -0.4 is 9.80 Å². The number of hydrogen-bond donors (Lipinski definition) is 0. The molecule has 4 heteroatoms. The van der Waals surface area contributed by atoms with Gasteiger partial charge < -0.3 is 18.9 Å². The summed E-state index contributed by atoms with van der Waals surface area (Å²) in [6.07, 6.45) is 0. The highest BCUT2D eigenvalue weighted by atomic mass is 15.2. The van der Waals surface area contributed by atoms with Crippen LogP contribution in [0.5, 0.6) is 0 Å². The van der Waals surface area contributed by atoms with Crippen molar-refractivity contribution in [1.82, 2.24) is 9.13 Å². The van der Waals surface area contributed by atoms with Gasteiger partial charge in [-0.15, -0.1) is 0 Å². The summed E-state index contributed by atoms with van der Waals surface area (Å²) in [6.45, 7) is 10.7. The van der Waals surface area contributed by atoms with E-state index in [1.807, 2.05) is 0 Å². The van der Waals surface area contributed by atoms with Crippen LogP contribution in [0.15, 0.2) is 218 Å². The lowest BCUT2D eigenvalue weighted by Gasteiger charge is -2.33. The third-order valence-corrected chi connectivity index (χ3v) is 15.8. The van der Waals surface area contributed by atoms with Gasteiger partial charge in [-0.1, -0.05) is 133 Å². The van der Waals surface area contributed by atoms with Gasteiger partial charge >= 0.3 is 0 Å². The number of nitrogens with zero attached hydrogens (tertiary/aromatic N) is 4. The Hall–Kier alpha value is -8.60. The predicted molar refractivity (Wildman–Crippen MR) is 299 cm³/mol. The van der Waals surface area contributed by atoms with Crippen LogP contribution in [0.4, 0.5) is 34.1 Å². The zero-order valence-electron chi connectivity index (χ0n) is 40.5. The molecule has 340 valence electrons. The minimum atomic E-state index is -0.582. The zero-order chi connectivity index (χ0) is 47.5. The molecule has 0 aliphatic heterocycles. The molecule has 14 rings (SSSR count). The summed E-state index contributed by atoms with van der Waals surface area (Å²) in [5, 5.41) is 5.16. The topological polar surface area (TPSA) is 16.3 Å². The van der Waals surface area contributed by atoms with E-state index in [0.29, 0.717) is 0 Å². The molecule has 0 bridgehead atoms. The molecule has 12 aromatic rings. The highest BCUT2D eigenvalue weighted by molar-refractivity contribution is 6.11. The Kier molecular flexibility index (Phi) is 9.16. The molecule has 4 nitrogen and oxygen atoms in total. The van der Waals surface area contributed by atoms with Crippen LogP contribution in [0.3, 0.4) is 0 Å². The van der Waals surface area contributed by atoms with E-state index < -0.39 is 5.41 Å². The van der Waals surface area contributed by atoms with E-state index in [9.17, 15) is 0 Å². The predicted octanol–water partition coefficient (Wildman–Crippen LogP) is 17.8. The minimum absolute atomic E-state index is 0.582. The van der Waals surface area contributed by atoms with Crippen molar-refractivity contribution in [1.29, 1.82) is 0 Å². The van der Waals surface area contributed by atoms with Crippen molar-refractivity contribution in [2.24, 2.45) is 0 Å². The average Bonchev–Trinajstić information content (AvgIpc) is 4.10. The quantitative estimate of drug-likeness (QED) is 0.151. The normalized spacial score (nSPS) is 13.0. The van der Waals surface area contributed by atoms with Gasteiger partial charge in [-0.3, -0.25) is 0 Å². The van der Waals surface area contributed by atoms with Gasteiger partial charge in [0, 0.05) is 79.8 Å². The molecule has 1 spiro atoms. The molecule has 71 heavy (non-hydrogen) atoms. The van der Waals surface area contributed by atoms with Crippen molar-refractivity contribution >= 4 is 77.7 Å². The highest BCUT2D eigenvalue weighted by Gasteiger charge is 2.52. The number of rotatable bonds is 8. The number of benzene rings is 10. The van der Waals surface area contributed by atoms with Crippen LogP contribution in [-0.4, -0.2) is 9.13 Å². The summed E-state index contributed by atoms with van der Waals surface area (Å²) in [6, 6.07) is 82.4. The Morgan fingerprint density at radius 1 is 0.310 bits per heavy atom. The van der Waals surface area contributed by atoms with Gasteiger partial charge in [-0.2, -0.15) is 0 Å². The number of aryl methyl sites for hydroxylation is 4. The van der Waals surface area contributed by atoms with Crippen molar-refractivity contribution in [3.63, 3.8) is 0 Å². The molecule has 0 radical (unpaired) electrons. The monoisotopic (exact) mass is 912 g/mol. The lowest BCUT2D eigenvalue weighted by atomic mass is 9.70. The van der Waals surface area contributed by atoms with Crippen LogP contribution >= 0.6 is 0 Å². The highest BCUT2D eigenvalue weighted by Crippen LogP contribution is 2.64. The van der Waals surface area contributed by atoms with Gasteiger partial charge in [-0.05, 0) is 168 Å². The molecule has 2 aliphatic carbocycles. The number of aromatic nitrogens is 2. The van der Waals surface area contributed by atoms with Crippen LogP contribution in [0, 0.1) is 13.8 Å². The Balaban J connectivity index is 1.00. The summed E-state index contributed by atoms with van der Waals surface area (Å²) in [5.74, 6) is 0. The number of para-hydroxylation sites is 2. The first kappa shape index (κ1) is 41.4. The standard InChI is InChI=1S/C67H52N4/c1-5-68-63-37-43(3)25-31-55(63)57-35-29-49(41-65(57)68)70(45-17-9-7-10-18-45)47-27-33-53-54-34-28-48(40-62(54)67(61(53)39-47)59-23-15-13-21-51(59)52-22-14-16-24-60(52)67)71(46-19-11-8-12-20-46)50-30-36-58-56-32-26-44(4)38-64(56)69(6-2)66(58)42-50/h7-42H,5-6H2,1-4H3. The van der Waals surface area contributed by atoms with E-state index in [4.69, 9.17) is 0 Å². The Morgan fingerprint density at radius 2 is 0.648 bits per heavy atom. The zero-order valence-corrected chi connectivity index (χ0v) is 40.5. The van der Waals surface area contributed by atoms with Crippen LogP contribution in [0.1, 0.15) is 47.2 Å². The van der Waals surface area contributed by atoms with Gasteiger partial charge in [-0.25, -0.2) is 0 Å². The van der Waals surface area contributed by atoms with E-state index in [0.717, 1.165) is 47.2 Å².